The molecule has 7 heteroatoms. The highest BCUT2D eigenvalue weighted by molar-refractivity contribution is 5.69. The van der Waals surface area contributed by atoms with Gasteiger partial charge >= 0.3 is 5.69 Å². The Bertz CT molecular complexity index is 1420. The van der Waals surface area contributed by atoms with Crippen molar-refractivity contribution in [1.82, 2.24) is 19.1 Å². The molecule has 0 radical (unpaired) electrons. The third kappa shape index (κ3) is 5.03. The minimum atomic E-state index is -0.581. The maximum atomic E-state index is 13.4. The standard InChI is InChI=1S/C26H28N4O3/c1-18(2)15-16-29-22-23(27-21(25(29)32)14-13-19-9-5-3-6-10-19)30(26(33)28-24(22)31)17-20-11-7-4-8-12-20/h3-12,18H,13-17H2,1-2H3,(H,28,31,33). The van der Waals surface area contributed by atoms with E-state index in [0.29, 0.717) is 31.0 Å². The Hall–Kier alpha value is -3.74. The Labute approximate surface area is 191 Å². The topological polar surface area (TPSA) is 89.8 Å². The Kier molecular flexibility index (Phi) is 6.68. The van der Waals surface area contributed by atoms with Gasteiger partial charge in [-0.05, 0) is 36.3 Å². The molecule has 0 saturated heterocycles. The van der Waals surface area contributed by atoms with Crippen LogP contribution in [0.3, 0.4) is 0 Å². The van der Waals surface area contributed by atoms with Crippen molar-refractivity contribution >= 4 is 11.2 Å². The fraction of sp³-hybridized carbons (Fsp3) is 0.308. The number of aromatic amines is 1. The van der Waals surface area contributed by atoms with Gasteiger partial charge < -0.3 is 0 Å². The first kappa shape index (κ1) is 22.5. The van der Waals surface area contributed by atoms with Gasteiger partial charge in [0, 0.05) is 6.54 Å². The van der Waals surface area contributed by atoms with Crippen LogP contribution in [-0.2, 0) is 25.9 Å². The molecule has 2 aromatic carbocycles. The normalized spacial score (nSPS) is 11.4. The first-order valence-electron chi connectivity index (χ1n) is 11.3. The van der Waals surface area contributed by atoms with Crippen LogP contribution in [0.1, 0.15) is 37.1 Å². The van der Waals surface area contributed by atoms with Crippen LogP contribution in [0.15, 0.2) is 75.0 Å². The number of aryl methyl sites for hydroxylation is 3. The number of nitrogens with one attached hydrogen (secondary N) is 1. The van der Waals surface area contributed by atoms with Gasteiger partial charge in [-0.25, -0.2) is 9.78 Å². The van der Waals surface area contributed by atoms with Crippen molar-refractivity contribution in [3.8, 4) is 0 Å². The van der Waals surface area contributed by atoms with Crippen molar-refractivity contribution in [3.05, 3.63) is 109 Å². The van der Waals surface area contributed by atoms with Gasteiger partial charge in [0.05, 0.1) is 6.54 Å². The Morgan fingerprint density at radius 1 is 0.848 bits per heavy atom. The molecule has 0 spiro atoms. The molecule has 0 aliphatic heterocycles. The van der Waals surface area contributed by atoms with Gasteiger partial charge in [0.1, 0.15) is 5.69 Å². The Morgan fingerprint density at radius 2 is 1.48 bits per heavy atom. The van der Waals surface area contributed by atoms with E-state index >= 15 is 0 Å². The van der Waals surface area contributed by atoms with Crippen molar-refractivity contribution in [1.29, 1.82) is 0 Å². The number of aromatic nitrogens is 4. The van der Waals surface area contributed by atoms with E-state index in [1.807, 2.05) is 60.7 Å². The number of hydrogen-bond donors (Lipinski definition) is 1. The quantitative estimate of drug-likeness (QED) is 0.452. The summed E-state index contributed by atoms with van der Waals surface area (Å²) in [6, 6.07) is 19.4. The molecule has 4 rings (SSSR count). The van der Waals surface area contributed by atoms with Crippen molar-refractivity contribution < 1.29 is 0 Å². The molecule has 0 aliphatic rings. The van der Waals surface area contributed by atoms with Crippen molar-refractivity contribution in [2.45, 2.75) is 46.2 Å². The van der Waals surface area contributed by atoms with Crippen LogP contribution >= 0.6 is 0 Å². The first-order valence-corrected chi connectivity index (χ1v) is 11.3. The lowest BCUT2D eigenvalue weighted by molar-refractivity contribution is 0.511. The summed E-state index contributed by atoms with van der Waals surface area (Å²) >= 11 is 0. The second-order valence-electron chi connectivity index (χ2n) is 8.69. The molecule has 0 bridgehead atoms. The van der Waals surface area contributed by atoms with Crippen LogP contribution in [0.2, 0.25) is 0 Å². The maximum Gasteiger partial charge on any atom is 0.330 e. The van der Waals surface area contributed by atoms with Gasteiger partial charge in [-0.3, -0.25) is 23.7 Å². The summed E-state index contributed by atoms with van der Waals surface area (Å²) in [5.74, 6) is 0.349. The van der Waals surface area contributed by atoms with Gasteiger partial charge in [-0.1, -0.05) is 74.5 Å². The van der Waals surface area contributed by atoms with E-state index in [0.717, 1.165) is 17.5 Å². The summed E-state index contributed by atoms with van der Waals surface area (Å²) in [6.07, 6.45) is 1.80. The van der Waals surface area contributed by atoms with Crippen molar-refractivity contribution in [3.63, 3.8) is 0 Å². The van der Waals surface area contributed by atoms with E-state index in [1.165, 1.54) is 9.13 Å². The van der Waals surface area contributed by atoms with Crippen LogP contribution in [0, 0.1) is 5.92 Å². The molecule has 0 fully saturated rings. The Balaban J connectivity index is 1.89. The maximum absolute atomic E-state index is 13.4. The Morgan fingerprint density at radius 3 is 2.12 bits per heavy atom. The van der Waals surface area contributed by atoms with E-state index in [9.17, 15) is 14.4 Å². The van der Waals surface area contributed by atoms with E-state index in [2.05, 4.69) is 23.8 Å². The first-order chi connectivity index (χ1) is 15.9. The monoisotopic (exact) mass is 444 g/mol. The number of benzene rings is 2. The van der Waals surface area contributed by atoms with Gasteiger partial charge in [-0.15, -0.1) is 0 Å². The van der Waals surface area contributed by atoms with Crippen molar-refractivity contribution in [2.24, 2.45) is 5.92 Å². The fourth-order valence-electron chi connectivity index (χ4n) is 3.92. The highest BCUT2D eigenvalue weighted by Gasteiger charge is 2.18. The molecule has 2 aromatic heterocycles. The van der Waals surface area contributed by atoms with Crippen LogP contribution < -0.4 is 16.8 Å². The van der Waals surface area contributed by atoms with Gasteiger partial charge in [0.15, 0.2) is 11.2 Å². The smallest absolute Gasteiger partial charge is 0.299 e. The zero-order chi connectivity index (χ0) is 23.4. The molecule has 0 aliphatic carbocycles. The predicted octanol–water partition coefficient (Wildman–Crippen LogP) is 3.13. The van der Waals surface area contributed by atoms with E-state index in [4.69, 9.17) is 0 Å². The summed E-state index contributed by atoms with van der Waals surface area (Å²) in [5.41, 5.74) is 1.38. The molecular weight excluding hydrogens is 416 g/mol. The molecule has 0 saturated carbocycles. The lowest BCUT2D eigenvalue weighted by atomic mass is 10.1. The zero-order valence-corrected chi connectivity index (χ0v) is 19.0. The fourth-order valence-corrected chi connectivity index (χ4v) is 3.92. The summed E-state index contributed by atoms with van der Waals surface area (Å²) in [4.78, 5) is 46.0. The largest absolute Gasteiger partial charge is 0.330 e. The third-order valence-corrected chi connectivity index (χ3v) is 5.76. The van der Waals surface area contributed by atoms with Crippen LogP contribution in [0.4, 0.5) is 0 Å². The summed E-state index contributed by atoms with van der Waals surface area (Å²) in [5, 5.41) is 0. The number of hydrogen-bond acceptors (Lipinski definition) is 4. The molecule has 1 N–H and O–H groups in total. The molecule has 0 unspecified atom stereocenters. The summed E-state index contributed by atoms with van der Waals surface area (Å²) < 4.78 is 2.95. The predicted molar refractivity (Wildman–Crippen MR) is 130 cm³/mol. The lowest BCUT2D eigenvalue weighted by Crippen LogP contribution is -2.37. The molecule has 2 heterocycles. The molecule has 4 aromatic rings. The van der Waals surface area contributed by atoms with Crippen LogP contribution in [-0.4, -0.2) is 19.1 Å². The van der Waals surface area contributed by atoms with Gasteiger partial charge in [0.25, 0.3) is 11.1 Å². The SMILES string of the molecule is CC(C)CCn1c(=O)c(CCc2ccccc2)nc2c1c(=O)[nH]c(=O)n2Cc1ccccc1. The summed E-state index contributed by atoms with van der Waals surface area (Å²) in [7, 11) is 0. The highest BCUT2D eigenvalue weighted by atomic mass is 16.2. The van der Waals surface area contributed by atoms with E-state index in [1.54, 1.807) is 0 Å². The highest BCUT2D eigenvalue weighted by Crippen LogP contribution is 2.12. The van der Waals surface area contributed by atoms with Crippen LogP contribution in [0.5, 0.6) is 0 Å². The molecule has 33 heavy (non-hydrogen) atoms. The van der Waals surface area contributed by atoms with Crippen LogP contribution in [0.25, 0.3) is 11.2 Å². The molecule has 0 amide bonds. The zero-order valence-electron chi connectivity index (χ0n) is 19.0. The minimum absolute atomic E-state index is 0.152. The number of nitrogens with zero attached hydrogens (tertiary/aromatic N) is 3. The van der Waals surface area contributed by atoms with E-state index in [-0.39, 0.29) is 23.3 Å². The molecule has 170 valence electrons. The van der Waals surface area contributed by atoms with E-state index < -0.39 is 11.2 Å². The number of rotatable bonds is 8. The molecular formula is C26H28N4O3. The average molecular weight is 445 g/mol. The second-order valence-corrected chi connectivity index (χ2v) is 8.69. The average Bonchev–Trinajstić information content (AvgIpc) is 2.81. The van der Waals surface area contributed by atoms with Gasteiger partial charge in [0.2, 0.25) is 0 Å². The van der Waals surface area contributed by atoms with Crippen molar-refractivity contribution in [2.75, 3.05) is 0 Å². The number of H-pyrrole nitrogens is 1. The second kappa shape index (κ2) is 9.81. The lowest BCUT2D eigenvalue weighted by Gasteiger charge is -2.16. The summed E-state index contributed by atoms with van der Waals surface area (Å²) in [6.45, 7) is 4.78. The van der Waals surface area contributed by atoms with Gasteiger partial charge in [-0.2, -0.15) is 0 Å². The number of fused-ring (bicyclic) bond motifs is 1. The third-order valence-electron chi connectivity index (χ3n) is 5.76. The molecule has 7 nitrogen and oxygen atoms in total. The molecule has 0 atom stereocenters. The minimum Gasteiger partial charge on any atom is -0.299 e.